The SMILES string of the molecule is CC1(C)O[C@H]2[C@@H](O1)C(O)(c1ccccc1Br)O[C@@H]2CO[Si](c1ccccc1)(c1ccccc1)C(C)(C)C. The second-order valence-electron chi connectivity index (χ2n) is 11.3. The zero-order chi connectivity index (χ0) is 26.5. The van der Waals surface area contributed by atoms with Crippen molar-refractivity contribution in [2.45, 2.75) is 69.5 Å². The largest absolute Gasteiger partial charge is 0.405 e. The number of aliphatic hydroxyl groups is 1. The number of hydrogen-bond acceptors (Lipinski definition) is 5. The molecule has 37 heavy (non-hydrogen) atoms. The summed E-state index contributed by atoms with van der Waals surface area (Å²) in [4.78, 5) is 0. The molecule has 1 N–H and O–H groups in total. The number of ether oxygens (including phenoxy) is 3. The lowest BCUT2D eigenvalue weighted by Gasteiger charge is -2.43. The van der Waals surface area contributed by atoms with Crippen LogP contribution in [0.15, 0.2) is 89.4 Å². The van der Waals surface area contributed by atoms with Crippen molar-refractivity contribution in [3.63, 3.8) is 0 Å². The highest BCUT2D eigenvalue weighted by Crippen LogP contribution is 2.49. The first-order valence-electron chi connectivity index (χ1n) is 12.7. The van der Waals surface area contributed by atoms with Crippen LogP contribution in [0.5, 0.6) is 0 Å². The van der Waals surface area contributed by atoms with Gasteiger partial charge >= 0.3 is 0 Å². The second-order valence-corrected chi connectivity index (χ2v) is 16.5. The Kier molecular flexibility index (Phi) is 7.03. The van der Waals surface area contributed by atoms with Crippen LogP contribution < -0.4 is 10.4 Å². The molecule has 4 atom stereocenters. The summed E-state index contributed by atoms with van der Waals surface area (Å²) >= 11 is 3.58. The fraction of sp³-hybridized carbons (Fsp3) is 0.400. The van der Waals surface area contributed by atoms with Crippen molar-refractivity contribution in [1.82, 2.24) is 0 Å². The van der Waals surface area contributed by atoms with Crippen molar-refractivity contribution in [3.05, 3.63) is 95.0 Å². The van der Waals surface area contributed by atoms with Crippen LogP contribution >= 0.6 is 15.9 Å². The van der Waals surface area contributed by atoms with Gasteiger partial charge in [0, 0.05) is 10.0 Å². The van der Waals surface area contributed by atoms with Crippen molar-refractivity contribution in [2.24, 2.45) is 0 Å². The molecule has 2 aliphatic rings. The number of rotatable bonds is 6. The van der Waals surface area contributed by atoms with E-state index in [9.17, 15) is 5.11 Å². The van der Waals surface area contributed by atoms with Crippen molar-refractivity contribution in [1.29, 1.82) is 0 Å². The Morgan fingerprint density at radius 3 is 1.92 bits per heavy atom. The standard InChI is InChI=1S/C30H35BrO5Si/c1-28(2,3)37(21-14-8-6-9-15-21,22-16-10-7-11-17-22)33-20-25-26-27(36-29(4,5)35-26)30(32,34-25)23-18-12-13-19-24(23)31/h6-19,25-27,32H,20H2,1-5H3/t25-,26-,27-,30?/m1/s1. The third-order valence-electron chi connectivity index (χ3n) is 7.35. The monoisotopic (exact) mass is 582 g/mol. The van der Waals surface area contributed by atoms with Gasteiger partial charge in [-0.25, -0.2) is 0 Å². The molecule has 2 fully saturated rings. The number of fused-ring (bicyclic) bond motifs is 1. The van der Waals surface area contributed by atoms with Gasteiger partial charge in [-0.3, -0.25) is 0 Å². The minimum Gasteiger partial charge on any atom is -0.405 e. The van der Waals surface area contributed by atoms with Crippen LogP contribution in [0.25, 0.3) is 0 Å². The quantitative estimate of drug-likeness (QED) is 0.410. The van der Waals surface area contributed by atoms with Crippen LogP contribution in [-0.4, -0.2) is 44.1 Å². The van der Waals surface area contributed by atoms with E-state index in [1.807, 2.05) is 50.2 Å². The van der Waals surface area contributed by atoms with Crippen LogP contribution in [0, 0.1) is 0 Å². The van der Waals surface area contributed by atoms with E-state index in [0.717, 1.165) is 4.47 Å². The Morgan fingerprint density at radius 1 is 0.838 bits per heavy atom. The molecule has 196 valence electrons. The molecule has 0 amide bonds. The zero-order valence-electron chi connectivity index (χ0n) is 22.0. The second kappa shape index (κ2) is 9.72. The molecule has 2 heterocycles. The molecule has 2 aliphatic heterocycles. The maximum atomic E-state index is 11.9. The normalized spacial score (nSPS) is 27.3. The third kappa shape index (κ3) is 4.65. The topological polar surface area (TPSA) is 57.2 Å². The first-order valence-corrected chi connectivity index (χ1v) is 15.4. The highest BCUT2D eigenvalue weighted by molar-refractivity contribution is 9.10. The van der Waals surface area contributed by atoms with E-state index in [0.29, 0.717) is 5.56 Å². The minimum atomic E-state index is -2.80. The predicted molar refractivity (Wildman–Crippen MR) is 150 cm³/mol. The number of halogens is 1. The van der Waals surface area contributed by atoms with E-state index in [4.69, 9.17) is 18.6 Å². The van der Waals surface area contributed by atoms with Crippen molar-refractivity contribution in [2.75, 3.05) is 6.61 Å². The summed E-state index contributed by atoms with van der Waals surface area (Å²) in [7, 11) is -2.80. The van der Waals surface area contributed by atoms with Crippen molar-refractivity contribution >= 4 is 34.6 Å². The van der Waals surface area contributed by atoms with E-state index < -0.39 is 38.2 Å². The van der Waals surface area contributed by atoms with Gasteiger partial charge in [0.15, 0.2) is 5.79 Å². The molecular weight excluding hydrogens is 548 g/mol. The maximum absolute atomic E-state index is 11.9. The molecule has 3 aromatic carbocycles. The van der Waals surface area contributed by atoms with Crippen LogP contribution in [0.4, 0.5) is 0 Å². The lowest BCUT2D eigenvalue weighted by atomic mass is 9.98. The van der Waals surface area contributed by atoms with E-state index in [1.54, 1.807) is 0 Å². The number of benzene rings is 3. The molecule has 0 spiro atoms. The molecule has 0 saturated carbocycles. The molecule has 1 unspecified atom stereocenters. The Bertz CT molecular complexity index is 1190. The highest BCUT2D eigenvalue weighted by Gasteiger charge is 2.64. The molecule has 0 aromatic heterocycles. The van der Waals surface area contributed by atoms with Gasteiger partial charge in [-0.1, -0.05) is 116 Å². The molecule has 0 radical (unpaired) electrons. The summed E-state index contributed by atoms with van der Waals surface area (Å²) in [6.07, 6.45) is -1.73. The summed E-state index contributed by atoms with van der Waals surface area (Å²) in [5, 5.41) is 14.1. The van der Waals surface area contributed by atoms with Gasteiger partial charge < -0.3 is 23.7 Å². The molecule has 0 bridgehead atoms. The molecule has 3 aromatic rings. The van der Waals surface area contributed by atoms with Crippen LogP contribution in [-0.2, 0) is 24.4 Å². The number of hydrogen-bond donors (Lipinski definition) is 1. The van der Waals surface area contributed by atoms with Gasteiger partial charge in [0.05, 0.1) is 6.61 Å². The fourth-order valence-corrected chi connectivity index (χ4v) is 10.9. The summed E-state index contributed by atoms with van der Waals surface area (Å²) < 4.78 is 26.9. The smallest absolute Gasteiger partial charge is 0.261 e. The van der Waals surface area contributed by atoms with Crippen molar-refractivity contribution in [3.8, 4) is 0 Å². The van der Waals surface area contributed by atoms with E-state index in [2.05, 4.69) is 85.2 Å². The lowest BCUT2D eigenvalue weighted by molar-refractivity contribution is -0.283. The van der Waals surface area contributed by atoms with Gasteiger partial charge in [-0.05, 0) is 35.3 Å². The molecule has 7 heteroatoms. The van der Waals surface area contributed by atoms with Gasteiger partial charge in [-0.2, -0.15) is 0 Å². The Labute approximate surface area is 229 Å². The maximum Gasteiger partial charge on any atom is 0.261 e. The van der Waals surface area contributed by atoms with E-state index in [-0.39, 0.29) is 11.6 Å². The summed E-state index contributed by atoms with van der Waals surface area (Å²) in [6, 6.07) is 28.5. The first kappa shape index (κ1) is 26.8. The molecule has 5 nitrogen and oxygen atoms in total. The molecule has 0 aliphatic carbocycles. The Balaban J connectivity index is 1.55. The lowest BCUT2D eigenvalue weighted by Crippen LogP contribution is -2.67. The molecular formula is C30H35BrO5Si. The minimum absolute atomic E-state index is 0.182. The predicted octanol–water partition coefficient (Wildman–Crippen LogP) is 5.09. The van der Waals surface area contributed by atoms with Gasteiger partial charge in [0.2, 0.25) is 5.79 Å². The summed E-state index contributed by atoms with van der Waals surface area (Å²) in [6.45, 7) is 10.7. The Morgan fingerprint density at radius 2 is 1.38 bits per heavy atom. The van der Waals surface area contributed by atoms with E-state index in [1.165, 1.54) is 10.4 Å². The molecule has 2 saturated heterocycles. The average Bonchev–Trinajstić information content (AvgIpc) is 3.32. The van der Waals surface area contributed by atoms with Crippen LogP contribution in [0.3, 0.4) is 0 Å². The van der Waals surface area contributed by atoms with Gasteiger partial charge in [0.25, 0.3) is 8.32 Å². The summed E-state index contributed by atoms with van der Waals surface area (Å²) in [5.41, 5.74) is 0.610. The van der Waals surface area contributed by atoms with E-state index >= 15 is 0 Å². The average molecular weight is 584 g/mol. The highest BCUT2D eigenvalue weighted by atomic mass is 79.9. The van der Waals surface area contributed by atoms with Crippen LogP contribution in [0.1, 0.15) is 40.2 Å². The van der Waals surface area contributed by atoms with Crippen LogP contribution in [0.2, 0.25) is 5.04 Å². The van der Waals surface area contributed by atoms with Gasteiger partial charge in [-0.15, -0.1) is 0 Å². The first-order chi connectivity index (χ1) is 17.5. The Hall–Kier alpha value is -1.84. The fourth-order valence-electron chi connectivity index (χ4n) is 5.79. The summed E-state index contributed by atoms with van der Waals surface area (Å²) in [5.74, 6) is -2.54. The molecule has 5 rings (SSSR count). The third-order valence-corrected chi connectivity index (χ3v) is 13.0. The van der Waals surface area contributed by atoms with Crippen molar-refractivity contribution < 1.29 is 23.7 Å². The zero-order valence-corrected chi connectivity index (χ0v) is 24.6. The van der Waals surface area contributed by atoms with Gasteiger partial charge in [0.1, 0.15) is 18.3 Å².